The molecular formula is C26H31N3O4. The maximum absolute atomic E-state index is 12.9. The predicted octanol–water partition coefficient (Wildman–Crippen LogP) is 4.62. The van der Waals surface area contributed by atoms with Crippen LogP contribution in [0.2, 0.25) is 0 Å². The summed E-state index contributed by atoms with van der Waals surface area (Å²) in [7, 11) is 1.66. The van der Waals surface area contributed by atoms with Gasteiger partial charge in [0.25, 0.3) is 5.91 Å². The zero-order valence-corrected chi connectivity index (χ0v) is 19.5. The molecule has 2 heterocycles. The van der Waals surface area contributed by atoms with Gasteiger partial charge < -0.3 is 19.3 Å². The monoisotopic (exact) mass is 449 g/mol. The number of hydrogen-bond acceptors (Lipinski definition) is 6. The largest absolute Gasteiger partial charge is 0.497 e. The van der Waals surface area contributed by atoms with Crippen LogP contribution >= 0.6 is 0 Å². The molecule has 1 fully saturated rings. The Bertz CT molecular complexity index is 1070. The number of methoxy groups -OCH3 is 1. The molecular weight excluding hydrogens is 418 g/mol. The van der Waals surface area contributed by atoms with Crippen LogP contribution in [0.5, 0.6) is 11.5 Å². The second kappa shape index (κ2) is 10.5. The van der Waals surface area contributed by atoms with Gasteiger partial charge in [-0.15, -0.1) is 0 Å². The van der Waals surface area contributed by atoms with E-state index in [1.807, 2.05) is 44.2 Å². The number of carbonyl (C=O) groups excluding carboxylic acids is 1. The van der Waals surface area contributed by atoms with Gasteiger partial charge in [-0.05, 0) is 81.2 Å². The number of nitrogens with zero attached hydrogens (tertiary/aromatic N) is 2. The average Bonchev–Trinajstić information content (AvgIpc) is 3.54. The van der Waals surface area contributed by atoms with Gasteiger partial charge in [-0.2, -0.15) is 0 Å². The number of amides is 1. The van der Waals surface area contributed by atoms with Gasteiger partial charge in [-0.25, -0.2) is 0 Å². The van der Waals surface area contributed by atoms with E-state index in [1.54, 1.807) is 13.2 Å². The topological polar surface area (TPSA) is 76.8 Å². The van der Waals surface area contributed by atoms with E-state index in [2.05, 4.69) is 27.5 Å². The minimum Gasteiger partial charge on any atom is -0.497 e. The van der Waals surface area contributed by atoms with Crippen LogP contribution in [0.1, 0.15) is 47.4 Å². The molecule has 1 aromatic heterocycles. The predicted molar refractivity (Wildman–Crippen MR) is 127 cm³/mol. The summed E-state index contributed by atoms with van der Waals surface area (Å²) < 4.78 is 16.3. The minimum atomic E-state index is -0.245. The summed E-state index contributed by atoms with van der Waals surface area (Å²) in [5.41, 5.74) is 3.29. The third-order valence-corrected chi connectivity index (χ3v) is 6.04. The standard InChI is InChI=1S/C26H31N3O4/c1-4-32-24-12-9-20(15-18(24)2)25-16-22(28-33-25)26(30)27-17-23(29-13-5-6-14-29)19-7-10-21(31-3)11-8-19/h7-12,15-16,23H,4-6,13-14,17H2,1-3H3,(H,27,30). The molecule has 1 amide bonds. The van der Waals surface area contributed by atoms with Crippen LogP contribution in [-0.4, -0.2) is 49.3 Å². The molecule has 1 N–H and O–H groups in total. The second-order valence-corrected chi connectivity index (χ2v) is 8.23. The first-order valence-corrected chi connectivity index (χ1v) is 11.5. The zero-order chi connectivity index (χ0) is 23.2. The molecule has 1 atom stereocenters. The van der Waals surface area contributed by atoms with E-state index in [1.165, 1.54) is 12.8 Å². The summed E-state index contributed by atoms with van der Waals surface area (Å²) in [6.07, 6.45) is 2.35. The number of hydrogen-bond donors (Lipinski definition) is 1. The maximum Gasteiger partial charge on any atom is 0.273 e. The van der Waals surface area contributed by atoms with Gasteiger partial charge in [0, 0.05) is 18.2 Å². The quantitative estimate of drug-likeness (QED) is 0.514. The van der Waals surface area contributed by atoms with Gasteiger partial charge in [-0.1, -0.05) is 17.3 Å². The average molecular weight is 450 g/mol. The van der Waals surface area contributed by atoms with Gasteiger partial charge in [0.1, 0.15) is 11.5 Å². The van der Waals surface area contributed by atoms with Gasteiger partial charge in [0.05, 0.1) is 19.8 Å². The third-order valence-electron chi connectivity index (χ3n) is 6.04. The van der Waals surface area contributed by atoms with Crippen LogP contribution in [0, 0.1) is 6.92 Å². The number of likely N-dealkylation sites (tertiary alicyclic amines) is 1. The van der Waals surface area contributed by atoms with Gasteiger partial charge >= 0.3 is 0 Å². The fourth-order valence-corrected chi connectivity index (χ4v) is 4.26. The summed E-state index contributed by atoms with van der Waals surface area (Å²) >= 11 is 0. The van der Waals surface area contributed by atoms with E-state index in [0.717, 1.165) is 41.3 Å². The molecule has 1 saturated heterocycles. The molecule has 0 saturated carbocycles. The van der Waals surface area contributed by atoms with Crippen molar-refractivity contribution in [2.24, 2.45) is 0 Å². The van der Waals surface area contributed by atoms with Crippen LogP contribution in [0.25, 0.3) is 11.3 Å². The highest BCUT2D eigenvalue weighted by Gasteiger charge is 2.25. The van der Waals surface area contributed by atoms with Crippen molar-refractivity contribution in [3.8, 4) is 22.8 Å². The Labute approximate surface area is 194 Å². The SMILES string of the molecule is CCOc1ccc(-c2cc(C(=O)NCC(c3ccc(OC)cc3)N3CCCC3)no2)cc1C. The number of benzene rings is 2. The molecule has 7 nitrogen and oxygen atoms in total. The number of nitrogens with one attached hydrogen (secondary N) is 1. The summed E-state index contributed by atoms with van der Waals surface area (Å²) in [4.78, 5) is 15.3. The van der Waals surface area contributed by atoms with Crippen molar-refractivity contribution in [2.45, 2.75) is 32.7 Å². The highest BCUT2D eigenvalue weighted by molar-refractivity contribution is 5.93. The van der Waals surface area contributed by atoms with Crippen LogP contribution in [0.3, 0.4) is 0 Å². The van der Waals surface area contributed by atoms with Crippen molar-refractivity contribution in [3.63, 3.8) is 0 Å². The van der Waals surface area contributed by atoms with Crippen molar-refractivity contribution in [1.82, 2.24) is 15.4 Å². The molecule has 174 valence electrons. The Morgan fingerprint density at radius 2 is 1.91 bits per heavy atom. The Morgan fingerprint density at radius 1 is 1.15 bits per heavy atom. The molecule has 0 bridgehead atoms. The van der Waals surface area contributed by atoms with Crippen LogP contribution in [0.4, 0.5) is 0 Å². The van der Waals surface area contributed by atoms with Gasteiger partial charge in [0.15, 0.2) is 11.5 Å². The summed E-state index contributed by atoms with van der Waals surface area (Å²) in [6, 6.07) is 15.6. The molecule has 0 radical (unpaired) electrons. The lowest BCUT2D eigenvalue weighted by Crippen LogP contribution is -2.36. The molecule has 0 spiro atoms. The fourth-order valence-electron chi connectivity index (χ4n) is 4.26. The fraction of sp³-hybridized carbons (Fsp3) is 0.385. The lowest BCUT2D eigenvalue weighted by molar-refractivity contribution is 0.0929. The highest BCUT2D eigenvalue weighted by Crippen LogP contribution is 2.28. The molecule has 3 aromatic rings. The van der Waals surface area contributed by atoms with E-state index in [-0.39, 0.29) is 17.6 Å². The normalized spacial score (nSPS) is 14.8. The van der Waals surface area contributed by atoms with Crippen molar-refractivity contribution in [3.05, 3.63) is 65.4 Å². The van der Waals surface area contributed by atoms with Crippen molar-refractivity contribution >= 4 is 5.91 Å². The Balaban J connectivity index is 1.44. The summed E-state index contributed by atoms with van der Waals surface area (Å²) in [6.45, 7) is 7.10. The number of carbonyl (C=O) groups is 1. The highest BCUT2D eigenvalue weighted by atomic mass is 16.5. The van der Waals surface area contributed by atoms with E-state index in [9.17, 15) is 4.79 Å². The first-order valence-electron chi connectivity index (χ1n) is 11.5. The molecule has 0 aliphatic carbocycles. The Kier molecular flexibility index (Phi) is 7.29. The van der Waals surface area contributed by atoms with E-state index >= 15 is 0 Å². The minimum absolute atomic E-state index is 0.0995. The van der Waals surface area contributed by atoms with E-state index in [0.29, 0.717) is 18.9 Å². The van der Waals surface area contributed by atoms with Crippen LogP contribution in [0.15, 0.2) is 53.1 Å². The number of rotatable bonds is 9. The van der Waals surface area contributed by atoms with Crippen molar-refractivity contribution in [1.29, 1.82) is 0 Å². The van der Waals surface area contributed by atoms with Gasteiger partial charge in [0.2, 0.25) is 0 Å². The molecule has 33 heavy (non-hydrogen) atoms. The lowest BCUT2D eigenvalue weighted by atomic mass is 10.0. The molecule has 4 rings (SSSR count). The number of ether oxygens (including phenoxy) is 2. The first-order chi connectivity index (χ1) is 16.1. The second-order valence-electron chi connectivity index (χ2n) is 8.23. The van der Waals surface area contributed by atoms with Crippen LogP contribution in [-0.2, 0) is 0 Å². The molecule has 2 aromatic carbocycles. The van der Waals surface area contributed by atoms with Gasteiger partial charge in [-0.3, -0.25) is 9.69 Å². The van der Waals surface area contributed by atoms with Crippen molar-refractivity contribution in [2.75, 3.05) is 33.4 Å². The summed E-state index contributed by atoms with van der Waals surface area (Å²) in [5, 5.41) is 7.05. The van der Waals surface area contributed by atoms with Crippen molar-refractivity contribution < 1.29 is 18.8 Å². The first kappa shape index (κ1) is 22.9. The third kappa shape index (κ3) is 5.37. The Hall–Kier alpha value is -3.32. The molecule has 1 aliphatic rings. The number of aryl methyl sites for hydroxylation is 1. The number of aromatic nitrogens is 1. The van der Waals surface area contributed by atoms with E-state index in [4.69, 9.17) is 14.0 Å². The Morgan fingerprint density at radius 3 is 2.58 bits per heavy atom. The summed E-state index contributed by atoms with van der Waals surface area (Å²) in [5.74, 6) is 1.97. The molecule has 1 aliphatic heterocycles. The maximum atomic E-state index is 12.9. The zero-order valence-electron chi connectivity index (χ0n) is 19.5. The molecule has 7 heteroatoms. The molecule has 1 unspecified atom stereocenters. The lowest BCUT2D eigenvalue weighted by Gasteiger charge is -2.28. The van der Waals surface area contributed by atoms with E-state index < -0.39 is 0 Å². The smallest absolute Gasteiger partial charge is 0.273 e. The van der Waals surface area contributed by atoms with Crippen LogP contribution < -0.4 is 14.8 Å².